The third kappa shape index (κ3) is 3.15. The van der Waals surface area contributed by atoms with Crippen LogP contribution in [0, 0.1) is 5.92 Å². The van der Waals surface area contributed by atoms with E-state index in [0.29, 0.717) is 0 Å². The minimum Gasteiger partial charge on any atom is -0.356 e. The molecule has 5 nitrogen and oxygen atoms in total. The molecule has 1 aliphatic rings. The topological polar surface area (TPSA) is 67.1 Å². The highest BCUT2D eigenvalue weighted by molar-refractivity contribution is 5.58. The van der Waals surface area contributed by atoms with Crippen molar-refractivity contribution in [2.24, 2.45) is 11.8 Å². The van der Waals surface area contributed by atoms with Crippen LogP contribution in [0.2, 0.25) is 0 Å². The molecule has 1 aromatic heterocycles. The summed E-state index contributed by atoms with van der Waals surface area (Å²) in [7, 11) is 0. The highest BCUT2D eigenvalue weighted by atomic mass is 15.3. The lowest BCUT2D eigenvalue weighted by Gasteiger charge is -2.34. The van der Waals surface area contributed by atoms with Crippen LogP contribution < -0.4 is 16.2 Å². The predicted molar refractivity (Wildman–Crippen MR) is 79.1 cm³/mol. The van der Waals surface area contributed by atoms with Crippen LogP contribution in [0.15, 0.2) is 6.33 Å². The van der Waals surface area contributed by atoms with Gasteiger partial charge in [-0.1, -0.05) is 26.7 Å². The Kier molecular flexibility index (Phi) is 4.96. The van der Waals surface area contributed by atoms with E-state index in [1.807, 2.05) is 0 Å². The van der Waals surface area contributed by atoms with E-state index >= 15 is 0 Å². The zero-order valence-electron chi connectivity index (χ0n) is 12.0. The lowest BCUT2D eigenvalue weighted by Crippen LogP contribution is -2.36. The number of anilines is 2. The van der Waals surface area contributed by atoms with Crippen LogP contribution in [0.25, 0.3) is 0 Å². The maximum atomic E-state index is 5.57. The van der Waals surface area contributed by atoms with Crippen LogP contribution in [0.3, 0.4) is 0 Å². The van der Waals surface area contributed by atoms with Crippen molar-refractivity contribution >= 4 is 11.6 Å². The van der Waals surface area contributed by atoms with Gasteiger partial charge in [-0.2, -0.15) is 0 Å². The van der Waals surface area contributed by atoms with Crippen molar-refractivity contribution in [3.8, 4) is 0 Å². The number of hydrogen-bond donors (Lipinski definition) is 2. The molecule has 1 fully saturated rings. The van der Waals surface area contributed by atoms with Crippen molar-refractivity contribution in [1.82, 2.24) is 9.97 Å². The SMILES string of the molecule is CCCc1c(NN)ncnc1N1CCCC(CC)C1. The van der Waals surface area contributed by atoms with Crippen molar-refractivity contribution in [2.45, 2.75) is 46.0 Å². The van der Waals surface area contributed by atoms with E-state index in [1.54, 1.807) is 6.33 Å². The van der Waals surface area contributed by atoms with Crippen molar-refractivity contribution in [3.63, 3.8) is 0 Å². The van der Waals surface area contributed by atoms with E-state index in [4.69, 9.17) is 5.84 Å². The van der Waals surface area contributed by atoms with Crippen LogP contribution in [0.5, 0.6) is 0 Å². The van der Waals surface area contributed by atoms with Crippen molar-refractivity contribution < 1.29 is 0 Å². The van der Waals surface area contributed by atoms with Crippen LogP contribution in [0.4, 0.5) is 11.6 Å². The zero-order chi connectivity index (χ0) is 13.7. The number of piperidine rings is 1. The van der Waals surface area contributed by atoms with Gasteiger partial charge in [0.25, 0.3) is 0 Å². The zero-order valence-corrected chi connectivity index (χ0v) is 12.0. The van der Waals surface area contributed by atoms with Crippen LogP contribution in [-0.2, 0) is 6.42 Å². The summed E-state index contributed by atoms with van der Waals surface area (Å²) in [6.45, 7) is 6.64. The summed E-state index contributed by atoms with van der Waals surface area (Å²) < 4.78 is 0. The largest absolute Gasteiger partial charge is 0.356 e. The molecule has 1 atom stereocenters. The third-order valence-electron chi connectivity index (χ3n) is 3.96. The maximum Gasteiger partial charge on any atom is 0.148 e. The summed E-state index contributed by atoms with van der Waals surface area (Å²) in [6.07, 6.45) is 7.47. The summed E-state index contributed by atoms with van der Waals surface area (Å²) in [6, 6.07) is 0. The fourth-order valence-electron chi connectivity index (χ4n) is 2.87. The first-order chi connectivity index (χ1) is 9.30. The number of nitrogen functional groups attached to an aromatic ring is 1. The minimum absolute atomic E-state index is 0.769. The second kappa shape index (κ2) is 6.70. The second-order valence-corrected chi connectivity index (χ2v) is 5.28. The molecule has 0 spiro atoms. The number of aromatic nitrogens is 2. The normalized spacial score (nSPS) is 19.5. The fraction of sp³-hybridized carbons (Fsp3) is 0.714. The van der Waals surface area contributed by atoms with Gasteiger partial charge in [-0.05, 0) is 25.2 Å². The van der Waals surface area contributed by atoms with Crippen LogP contribution in [-0.4, -0.2) is 23.1 Å². The number of hydrogen-bond acceptors (Lipinski definition) is 5. The number of hydrazine groups is 1. The highest BCUT2D eigenvalue weighted by Gasteiger charge is 2.22. The standard InChI is InChI=1S/C14H25N5/c1-3-6-12-13(18-15)16-10-17-14(12)19-8-5-7-11(4-2)9-19/h10-11H,3-9,15H2,1-2H3,(H,16,17,18). The van der Waals surface area contributed by atoms with Crippen LogP contribution >= 0.6 is 0 Å². The summed E-state index contributed by atoms with van der Waals surface area (Å²) in [4.78, 5) is 11.2. The summed E-state index contributed by atoms with van der Waals surface area (Å²) >= 11 is 0. The first-order valence-electron chi connectivity index (χ1n) is 7.35. The molecule has 106 valence electrons. The van der Waals surface area contributed by atoms with Crippen molar-refractivity contribution in [1.29, 1.82) is 0 Å². The molecule has 2 heterocycles. The van der Waals surface area contributed by atoms with Gasteiger partial charge in [0.1, 0.15) is 18.0 Å². The molecule has 1 aliphatic heterocycles. The molecule has 0 saturated carbocycles. The Balaban J connectivity index is 2.27. The van der Waals surface area contributed by atoms with Gasteiger partial charge in [0.15, 0.2) is 0 Å². The highest BCUT2D eigenvalue weighted by Crippen LogP contribution is 2.29. The molecule has 5 heteroatoms. The molecule has 1 unspecified atom stereocenters. The van der Waals surface area contributed by atoms with Crippen molar-refractivity contribution in [3.05, 3.63) is 11.9 Å². The lowest BCUT2D eigenvalue weighted by molar-refractivity contribution is 0.402. The Morgan fingerprint density at radius 1 is 1.42 bits per heavy atom. The number of nitrogens with two attached hydrogens (primary N) is 1. The van der Waals surface area contributed by atoms with E-state index in [1.165, 1.54) is 19.3 Å². The van der Waals surface area contributed by atoms with Gasteiger partial charge in [-0.3, -0.25) is 0 Å². The predicted octanol–water partition coefficient (Wildman–Crippen LogP) is 2.34. The van der Waals surface area contributed by atoms with Crippen molar-refractivity contribution in [2.75, 3.05) is 23.4 Å². The number of nitrogens with zero attached hydrogens (tertiary/aromatic N) is 3. The van der Waals surface area contributed by atoms with E-state index in [0.717, 1.165) is 49.0 Å². The smallest absolute Gasteiger partial charge is 0.148 e. The molecule has 1 saturated heterocycles. The molecular formula is C14H25N5. The van der Waals surface area contributed by atoms with Gasteiger partial charge in [-0.25, -0.2) is 15.8 Å². The number of rotatable bonds is 5. The molecule has 1 aromatic rings. The average Bonchev–Trinajstić information content (AvgIpc) is 2.48. The van der Waals surface area contributed by atoms with Gasteiger partial charge in [-0.15, -0.1) is 0 Å². The molecule has 19 heavy (non-hydrogen) atoms. The molecule has 0 aliphatic carbocycles. The molecule has 2 rings (SSSR count). The first-order valence-corrected chi connectivity index (χ1v) is 7.35. The minimum atomic E-state index is 0.769. The molecule has 3 N–H and O–H groups in total. The van der Waals surface area contributed by atoms with Gasteiger partial charge in [0, 0.05) is 18.7 Å². The fourth-order valence-corrected chi connectivity index (χ4v) is 2.87. The Hall–Kier alpha value is -1.36. The Bertz CT molecular complexity index is 407. The Morgan fingerprint density at radius 2 is 2.26 bits per heavy atom. The van der Waals surface area contributed by atoms with Gasteiger partial charge < -0.3 is 10.3 Å². The van der Waals surface area contributed by atoms with Gasteiger partial charge in [0.05, 0.1) is 0 Å². The maximum absolute atomic E-state index is 5.57. The molecule has 0 bridgehead atoms. The summed E-state index contributed by atoms with van der Waals surface area (Å²) in [5, 5.41) is 0. The lowest BCUT2D eigenvalue weighted by atomic mass is 9.95. The monoisotopic (exact) mass is 263 g/mol. The molecule has 0 radical (unpaired) electrons. The van der Waals surface area contributed by atoms with Gasteiger partial charge in [0.2, 0.25) is 0 Å². The van der Waals surface area contributed by atoms with E-state index in [-0.39, 0.29) is 0 Å². The second-order valence-electron chi connectivity index (χ2n) is 5.28. The Morgan fingerprint density at radius 3 is 2.95 bits per heavy atom. The van der Waals surface area contributed by atoms with E-state index < -0.39 is 0 Å². The molecular weight excluding hydrogens is 238 g/mol. The Labute approximate surface area is 115 Å². The quantitative estimate of drug-likeness (QED) is 0.630. The molecule has 0 amide bonds. The third-order valence-corrected chi connectivity index (χ3v) is 3.96. The summed E-state index contributed by atoms with van der Waals surface area (Å²) in [5.74, 6) is 8.20. The van der Waals surface area contributed by atoms with Gasteiger partial charge >= 0.3 is 0 Å². The van der Waals surface area contributed by atoms with E-state index in [2.05, 4.69) is 34.1 Å². The van der Waals surface area contributed by atoms with E-state index in [9.17, 15) is 0 Å². The average molecular weight is 263 g/mol. The summed E-state index contributed by atoms with van der Waals surface area (Å²) in [5.41, 5.74) is 3.86. The number of nitrogens with one attached hydrogen (secondary N) is 1. The first kappa shape index (κ1) is 14.1. The molecule has 0 aromatic carbocycles. The van der Waals surface area contributed by atoms with Crippen LogP contribution in [0.1, 0.15) is 45.1 Å².